The van der Waals surface area contributed by atoms with Crippen LogP contribution in [0.1, 0.15) is 33.6 Å². The highest BCUT2D eigenvalue weighted by Gasteiger charge is 2.53. The summed E-state index contributed by atoms with van der Waals surface area (Å²) < 4.78 is 15.2. The van der Waals surface area contributed by atoms with Crippen molar-refractivity contribution in [1.82, 2.24) is 4.90 Å². The average Bonchev–Trinajstić information content (AvgIpc) is 2.75. The molecule has 1 heterocycles. The van der Waals surface area contributed by atoms with Crippen LogP contribution in [0.4, 0.5) is 4.79 Å². The summed E-state index contributed by atoms with van der Waals surface area (Å²) in [5, 5.41) is 0. The summed E-state index contributed by atoms with van der Waals surface area (Å²) in [5.74, 6) is -0.110. The van der Waals surface area contributed by atoms with E-state index in [2.05, 4.69) is 13.8 Å². The summed E-state index contributed by atoms with van der Waals surface area (Å²) in [6.45, 7) is 5.90. The highest BCUT2D eigenvalue weighted by atomic mass is 16.6. The predicted molar refractivity (Wildman–Crippen MR) is 68.5 cm³/mol. The van der Waals surface area contributed by atoms with E-state index >= 15 is 0 Å². The minimum atomic E-state index is -1.13. The van der Waals surface area contributed by atoms with Crippen molar-refractivity contribution >= 4 is 12.1 Å². The van der Waals surface area contributed by atoms with Gasteiger partial charge in [-0.25, -0.2) is 9.59 Å². The van der Waals surface area contributed by atoms with Gasteiger partial charge >= 0.3 is 12.1 Å². The zero-order valence-electron chi connectivity index (χ0n) is 12.3. The molecule has 1 fully saturated rings. The first-order valence-electron chi connectivity index (χ1n) is 6.48. The van der Waals surface area contributed by atoms with Crippen LogP contribution in [0.15, 0.2) is 0 Å². The molecule has 1 amide bonds. The number of amides is 1. The number of carbonyl (C=O) groups is 2. The SMILES string of the molecule is CCC(C)C[C@H]1OC[C@@](C)(C(=O)OC)N1C(=O)OC. The number of rotatable bonds is 4. The van der Waals surface area contributed by atoms with Crippen molar-refractivity contribution < 1.29 is 23.8 Å². The quantitative estimate of drug-likeness (QED) is 0.730. The number of hydrogen-bond acceptors (Lipinski definition) is 5. The molecule has 0 saturated carbocycles. The maximum Gasteiger partial charge on any atom is 0.412 e. The zero-order valence-corrected chi connectivity index (χ0v) is 12.3. The molecule has 0 aliphatic carbocycles. The fourth-order valence-corrected chi connectivity index (χ4v) is 2.20. The summed E-state index contributed by atoms with van der Waals surface area (Å²) in [6.07, 6.45) is 0.618. The first kappa shape index (κ1) is 15.8. The van der Waals surface area contributed by atoms with Gasteiger partial charge in [0.2, 0.25) is 0 Å². The Morgan fingerprint density at radius 2 is 2.05 bits per heavy atom. The van der Waals surface area contributed by atoms with Gasteiger partial charge in [-0.2, -0.15) is 0 Å². The minimum Gasteiger partial charge on any atom is -0.467 e. The van der Waals surface area contributed by atoms with Crippen LogP contribution in [-0.4, -0.2) is 49.6 Å². The van der Waals surface area contributed by atoms with Crippen LogP contribution in [0.5, 0.6) is 0 Å². The lowest BCUT2D eigenvalue weighted by atomic mass is 10.00. The van der Waals surface area contributed by atoms with Crippen LogP contribution >= 0.6 is 0 Å². The lowest BCUT2D eigenvalue weighted by molar-refractivity contribution is -0.151. The highest BCUT2D eigenvalue weighted by Crippen LogP contribution is 2.32. The van der Waals surface area contributed by atoms with Crippen molar-refractivity contribution in [2.45, 2.75) is 45.4 Å². The van der Waals surface area contributed by atoms with Gasteiger partial charge in [0.1, 0.15) is 6.23 Å². The molecule has 110 valence electrons. The second-order valence-electron chi connectivity index (χ2n) is 5.12. The van der Waals surface area contributed by atoms with Gasteiger partial charge in [-0.3, -0.25) is 4.90 Å². The normalized spacial score (nSPS) is 28.1. The van der Waals surface area contributed by atoms with Crippen molar-refractivity contribution in [2.75, 3.05) is 20.8 Å². The molecule has 6 heteroatoms. The topological polar surface area (TPSA) is 65.1 Å². The highest BCUT2D eigenvalue weighted by molar-refractivity contribution is 5.86. The first-order valence-corrected chi connectivity index (χ1v) is 6.48. The molecule has 0 spiro atoms. The molecule has 1 unspecified atom stereocenters. The second-order valence-corrected chi connectivity index (χ2v) is 5.12. The largest absolute Gasteiger partial charge is 0.467 e. The standard InChI is InChI=1S/C13H23NO5/c1-6-9(2)7-10-14(12(16)18-5)13(3,8-19-10)11(15)17-4/h9-10H,6-8H2,1-5H3/t9?,10-,13+/m1/s1. The summed E-state index contributed by atoms with van der Waals surface area (Å²) in [6, 6.07) is 0. The van der Waals surface area contributed by atoms with Gasteiger partial charge in [0.25, 0.3) is 0 Å². The molecule has 1 aliphatic rings. The van der Waals surface area contributed by atoms with Crippen molar-refractivity contribution in [1.29, 1.82) is 0 Å². The van der Waals surface area contributed by atoms with Gasteiger partial charge in [0, 0.05) is 0 Å². The Morgan fingerprint density at radius 1 is 1.42 bits per heavy atom. The molecule has 0 radical (unpaired) electrons. The van der Waals surface area contributed by atoms with Crippen molar-refractivity contribution in [2.24, 2.45) is 5.92 Å². The molecule has 0 aromatic heterocycles. The van der Waals surface area contributed by atoms with Gasteiger partial charge < -0.3 is 14.2 Å². The van der Waals surface area contributed by atoms with Crippen LogP contribution in [-0.2, 0) is 19.0 Å². The monoisotopic (exact) mass is 273 g/mol. The Morgan fingerprint density at radius 3 is 2.53 bits per heavy atom. The van der Waals surface area contributed by atoms with Gasteiger partial charge in [0.15, 0.2) is 5.54 Å². The van der Waals surface area contributed by atoms with E-state index in [0.717, 1.165) is 6.42 Å². The van der Waals surface area contributed by atoms with Crippen LogP contribution in [0.25, 0.3) is 0 Å². The summed E-state index contributed by atoms with van der Waals surface area (Å²) >= 11 is 0. The first-order chi connectivity index (χ1) is 8.90. The van der Waals surface area contributed by atoms with Crippen LogP contribution < -0.4 is 0 Å². The lowest BCUT2D eigenvalue weighted by Gasteiger charge is -2.33. The maximum atomic E-state index is 11.9. The summed E-state index contributed by atoms with van der Waals surface area (Å²) in [7, 11) is 2.59. The second kappa shape index (κ2) is 6.23. The lowest BCUT2D eigenvalue weighted by Crippen LogP contribution is -2.55. The molecule has 1 saturated heterocycles. The summed E-state index contributed by atoms with van der Waals surface area (Å²) in [5.41, 5.74) is -1.13. The van der Waals surface area contributed by atoms with E-state index in [1.807, 2.05) is 0 Å². The molecule has 6 nitrogen and oxygen atoms in total. The van der Waals surface area contributed by atoms with E-state index in [4.69, 9.17) is 14.2 Å². The Labute approximate surface area is 114 Å². The van der Waals surface area contributed by atoms with E-state index < -0.39 is 23.8 Å². The number of nitrogens with zero attached hydrogens (tertiary/aromatic N) is 1. The molecule has 1 aliphatic heterocycles. The number of methoxy groups -OCH3 is 2. The van der Waals surface area contributed by atoms with E-state index in [-0.39, 0.29) is 6.61 Å². The van der Waals surface area contributed by atoms with Gasteiger partial charge in [-0.15, -0.1) is 0 Å². The zero-order chi connectivity index (χ0) is 14.6. The molecule has 0 N–H and O–H groups in total. The molecule has 1 rings (SSSR count). The fourth-order valence-electron chi connectivity index (χ4n) is 2.20. The van der Waals surface area contributed by atoms with Gasteiger partial charge in [-0.1, -0.05) is 20.3 Å². The molecule has 0 bridgehead atoms. The number of ether oxygens (including phenoxy) is 3. The van der Waals surface area contributed by atoms with E-state index in [1.165, 1.54) is 19.1 Å². The molecular formula is C13H23NO5. The minimum absolute atomic E-state index is 0.121. The third kappa shape index (κ3) is 3.00. The number of hydrogen-bond donors (Lipinski definition) is 0. The third-order valence-corrected chi connectivity index (χ3v) is 3.67. The van der Waals surface area contributed by atoms with E-state index in [0.29, 0.717) is 12.3 Å². The summed E-state index contributed by atoms with van der Waals surface area (Å²) in [4.78, 5) is 25.2. The molecule has 19 heavy (non-hydrogen) atoms. The number of esters is 1. The van der Waals surface area contributed by atoms with Crippen LogP contribution in [0, 0.1) is 5.92 Å². The fraction of sp³-hybridized carbons (Fsp3) is 0.846. The third-order valence-electron chi connectivity index (χ3n) is 3.67. The van der Waals surface area contributed by atoms with Gasteiger partial charge in [0.05, 0.1) is 20.8 Å². The van der Waals surface area contributed by atoms with Crippen molar-refractivity contribution in [3.05, 3.63) is 0 Å². The van der Waals surface area contributed by atoms with Crippen molar-refractivity contribution in [3.63, 3.8) is 0 Å². The Hall–Kier alpha value is -1.30. The smallest absolute Gasteiger partial charge is 0.412 e. The van der Waals surface area contributed by atoms with Crippen LogP contribution in [0.2, 0.25) is 0 Å². The average molecular weight is 273 g/mol. The van der Waals surface area contributed by atoms with Gasteiger partial charge in [-0.05, 0) is 19.3 Å². The predicted octanol–water partition coefficient (Wildman–Crippen LogP) is 1.78. The number of carbonyl (C=O) groups excluding carboxylic acids is 2. The molecule has 0 aromatic carbocycles. The van der Waals surface area contributed by atoms with E-state index in [1.54, 1.807) is 6.92 Å². The Bertz CT molecular complexity index is 346. The van der Waals surface area contributed by atoms with E-state index in [9.17, 15) is 9.59 Å². The van der Waals surface area contributed by atoms with Crippen LogP contribution in [0.3, 0.4) is 0 Å². The molecule has 3 atom stereocenters. The molecular weight excluding hydrogens is 250 g/mol. The van der Waals surface area contributed by atoms with Crippen molar-refractivity contribution in [3.8, 4) is 0 Å². The Kier molecular flexibility index (Phi) is 5.17. The Balaban J connectivity index is 2.97. The molecule has 0 aromatic rings. The maximum absolute atomic E-state index is 11.9.